The highest BCUT2D eigenvalue weighted by atomic mass is 16.5. The first kappa shape index (κ1) is 20.3. The van der Waals surface area contributed by atoms with Crippen LogP contribution in [0.5, 0.6) is 28.7 Å². The van der Waals surface area contributed by atoms with Crippen molar-refractivity contribution in [3.8, 4) is 28.7 Å². The van der Waals surface area contributed by atoms with Crippen molar-refractivity contribution < 1.29 is 38.0 Å². The van der Waals surface area contributed by atoms with E-state index in [9.17, 15) is 9.59 Å². The zero-order chi connectivity index (χ0) is 20.8. The van der Waals surface area contributed by atoms with Gasteiger partial charge in [0, 0.05) is 12.0 Å². The maximum atomic E-state index is 12.5. The number of methoxy groups -OCH3 is 3. The number of carbonyl (C=O) groups excluding carboxylic acids is 2. The molecule has 0 amide bonds. The van der Waals surface area contributed by atoms with Crippen molar-refractivity contribution in [2.45, 2.75) is 6.42 Å². The Morgan fingerprint density at radius 2 is 1.62 bits per heavy atom. The van der Waals surface area contributed by atoms with Crippen LogP contribution in [-0.4, -0.2) is 52.9 Å². The molecule has 8 nitrogen and oxygen atoms in total. The summed E-state index contributed by atoms with van der Waals surface area (Å²) in [6, 6.07) is 7.92. The van der Waals surface area contributed by atoms with Gasteiger partial charge < -0.3 is 28.4 Å². The lowest BCUT2D eigenvalue weighted by Gasteiger charge is -2.15. The average Bonchev–Trinajstić information content (AvgIpc) is 3.00. The zero-order valence-electron chi connectivity index (χ0n) is 16.5. The van der Waals surface area contributed by atoms with E-state index >= 15 is 0 Å². The number of Topliss-reactive ketones (excluding diaryl/α,β-unsaturated/α-hetero) is 1. The fraction of sp³-hybridized carbons (Fsp3) is 0.333. The third-order valence-electron chi connectivity index (χ3n) is 4.33. The quantitative estimate of drug-likeness (QED) is 0.516. The molecule has 0 N–H and O–H groups in total. The monoisotopic (exact) mass is 402 g/mol. The normalized spacial score (nSPS) is 12.5. The van der Waals surface area contributed by atoms with Crippen LogP contribution in [0.25, 0.3) is 0 Å². The van der Waals surface area contributed by atoms with E-state index in [0.717, 1.165) is 6.42 Å². The third kappa shape index (κ3) is 4.37. The van der Waals surface area contributed by atoms with Gasteiger partial charge in [0.15, 0.2) is 35.4 Å². The number of esters is 1. The van der Waals surface area contributed by atoms with Crippen LogP contribution in [0.1, 0.15) is 27.1 Å². The van der Waals surface area contributed by atoms with Crippen molar-refractivity contribution in [3.63, 3.8) is 0 Å². The molecule has 0 saturated heterocycles. The summed E-state index contributed by atoms with van der Waals surface area (Å²) in [5, 5.41) is 0. The molecule has 154 valence electrons. The van der Waals surface area contributed by atoms with Crippen molar-refractivity contribution in [3.05, 3.63) is 41.5 Å². The highest BCUT2D eigenvalue weighted by molar-refractivity contribution is 6.00. The Morgan fingerprint density at radius 3 is 2.31 bits per heavy atom. The van der Waals surface area contributed by atoms with Crippen LogP contribution < -0.4 is 23.7 Å². The first-order valence-electron chi connectivity index (χ1n) is 8.98. The van der Waals surface area contributed by atoms with Crippen LogP contribution in [-0.2, 0) is 4.74 Å². The first-order chi connectivity index (χ1) is 14.1. The second-order valence-electron chi connectivity index (χ2n) is 6.09. The van der Waals surface area contributed by atoms with Gasteiger partial charge in [0.2, 0.25) is 5.75 Å². The minimum atomic E-state index is -0.717. The summed E-state index contributed by atoms with van der Waals surface area (Å²) in [5.74, 6) is 0.842. The van der Waals surface area contributed by atoms with Gasteiger partial charge in [-0.3, -0.25) is 4.79 Å². The Bertz CT molecular complexity index is 906. The van der Waals surface area contributed by atoms with E-state index in [1.807, 2.05) is 0 Å². The fourth-order valence-electron chi connectivity index (χ4n) is 2.89. The van der Waals surface area contributed by atoms with Crippen molar-refractivity contribution in [2.24, 2.45) is 0 Å². The second kappa shape index (κ2) is 9.18. The molecule has 1 aliphatic heterocycles. The smallest absolute Gasteiger partial charge is 0.342 e. The maximum absolute atomic E-state index is 12.5. The van der Waals surface area contributed by atoms with Crippen LogP contribution in [0, 0.1) is 0 Å². The second-order valence-corrected chi connectivity index (χ2v) is 6.09. The predicted octanol–water partition coefficient (Wildman–Crippen LogP) is 2.91. The molecule has 0 bridgehead atoms. The predicted molar refractivity (Wildman–Crippen MR) is 103 cm³/mol. The van der Waals surface area contributed by atoms with Gasteiger partial charge in [0.25, 0.3) is 0 Å². The molecule has 8 heteroatoms. The van der Waals surface area contributed by atoms with Crippen molar-refractivity contribution in [2.75, 3.05) is 41.2 Å². The summed E-state index contributed by atoms with van der Waals surface area (Å²) in [6.07, 6.45) is 0.767. The summed E-state index contributed by atoms with van der Waals surface area (Å²) in [4.78, 5) is 25.0. The van der Waals surface area contributed by atoms with E-state index in [4.69, 9.17) is 28.4 Å². The van der Waals surface area contributed by atoms with Gasteiger partial charge in [-0.25, -0.2) is 4.79 Å². The molecule has 1 heterocycles. The summed E-state index contributed by atoms with van der Waals surface area (Å²) >= 11 is 0. The lowest BCUT2D eigenvalue weighted by Crippen LogP contribution is -2.15. The van der Waals surface area contributed by atoms with Crippen LogP contribution in [0.2, 0.25) is 0 Å². The molecule has 0 spiro atoms. The number of fused-ring (bicyclic) bond motifs is 1. The molecular formula is C21H22O8. The molecule has 0 unspecified atom stereocenters. The maximum Gasteiger partial charge on any atom is 0.342 e. The molecule has 0 aromatic heterocycles. The number of carbonyl (C=O) groups is 2. The molecule has 1 aliphatic rings. The van der Waals surface area contributed by atoms with Gasteiger partial charge in [0.1, 0.15) is 5.56 Å². The Labute approximate surface area is 168 Å². The highest BCUT2D eigenvalue weighted by Crippen LogP contribution is 2.40. The lowest BCUT2D eigenvalue weighted by molar-refractivity contribution is 0.0471. The molecule has 0 saturated carbocycles. The largest absolute Gasteiger partial charge is 0.493 e. The Hall–Kier alpha value is -3.42. The summed E-state index contributed by atoms with van der Waals surface area (Å²) in [7, 11) is 4.31. The number of ether oxygens (including phenoxy) is 6. The molecule has 3 rings (SSSR count). The SMILES string of the molecule is COc1ccc(C(=O)OCC(=O)c2ccc3c(c2)OCCCO3)c(OC)c1OC. The fourth-order valence-corrected chi connectivity index (χ4v) is 2.89. The molecule has 29 heavy (non-hydrogen) atoms. The topological polar surface area (TPSA) is 89.5 Å². The third-order valence-corrected chi connectivity index (χ3v) is 4.33. The van der Waals surface area contributed by atoms with Crippen LogP contribution in [0.15, 0.2) is 30.3 Å². The van der Waals surface area contributed by atoms with Crippen LogP contribution >= 0.6 is 0 Å². The van der Waals surface area contributed by atoms with Gasteiger partial charge in [-0.15, -0.1) is 0 Å². The van der Waals surface area contributed by atoms with Gasteiger partial charge >= 0.3 is 5.97 Å². The summed E-state index contributed by atoms with van der Waals surface area (Å²) in [6.45, 7) is 0.639. The minimum Gasteiger partial charge on any atom is -0.493 e. The van der Waals surface area contributed by atoms with Gasteiger partial charge in [-0.2, -0.15) is 0 Å². The molecular weight excluding hydrogens is 380 g/mol. The van der Waals surface area contributed by atoms with Crippen molar-refractivity contribution >= 4 is 11.8 Å². The molecule has 2 aromatic rings. The van der Waals surface area contributed by atoms with E-state index in [-0.39, 0.29) is 22.8 Å². The first-order valence-corrected chi connectivity index (χ1v) is 8.98. The van der Waals surface area contributed by atoms with Gasteiger partial charge in [-0.1, -0.05) is 0 Å². The average molecular weight is 402 g/mol. The van der Waals surface area contributed by atoms with E-state index in [1.54, 1.807) is 24.3 Å². The number of ketones is 1. The Balaban J connectivity index is 1.72. The molecule has 0 radical (unpaired) electrons. The summed E-state index contributed by atoms with van der Waals surface area (Å²) in [5.41, 5.74) is 0.484. The van der Waals surface area contributed by atoms with E-state index in [0.29, 0.717) is 36.0 Å². The van der Waals surface area contributed by atoms with Gasteiger partial charge in [0.05, 0.1) is 34.5 Å². The van der Waals surface area contributed by atoms with E-state index < -0.39 is 12.6 Å². The molecule has 0 aliphatic carbocycles. The molecule has 0 fully saturated rings. The molecule has 2 aromatic carbocycles. The van der Waals surface area contributed by atoms with Crippen LogP contribution in [0.4, 0.5) is 0 Å². The van der Waals surface area contributed by atoms with E-state index in [2.05, 4.69) is 0 Å². The number of benzene rings is 2. The Kier molecular flexibility index (Phi) is 6.43. The van der Waals surface area contributed by atoms with Crippen molar-refractivity contribution in [1.29, 1.82) is 0 Å². The van der Waals surface area contributed by atoms with Gasteiger partial charge in [-0.05, 0) is 30.3 Å². The minimum absolute atomic E-state index is 0.122. The molecule has 0 atom stereocenters. The number of hydrogen-bond acceptors (Lipinski definition) is 8. The Morgan fingerprint density at radius 1 is 0.897 bits per heavy atom. The standard InChI is InChI=1S/C21H22O8/c1-24-17-8-6-14(19(25-2)20(17)26-3)21(23)29-12-15(22)13-5-7-16-18(11-13)28-10-4-9-27-16/h5-8,11H,4,9-10,12H2,1-3H3. The van der Waals surface area contributed by atoms with Crippen LogP contribution in [0.3, 0.4) is 0 Å². The zero-order valence-corrected chi connectivity index (χ0v) is 16.5. The summed E-state index contributed by atoms with van der Waals surface area (Å²) < 4.78 is 32.0. The van der Waals surface area contributed by atoms with E-state index in [1.165, 1.54) is 27.4 Å². The van der Waals surface area contributed by atoms with Crippen molar-refractivity contribution in [1.82, 2.24) is 0 Å². The number of hydrogen-bond donors (Lipinski definition) is 0. The lowest BCUT2D eigenvalue weighted by atomic mass is 10.1. The number of rotatable bonds is 7. The highest BCUT2D eigenvalue weighted by Gasteiger charge is 2.23.